The number of benzene rings is 2. The second-order valence-electron chi connectivity index (χ2n) is 9.27. The molecule has 1 fully saturated rings. The number of carbonyl (C=O) groups excluding carboxylic acids is 1. The van der Waals surface area contributed by atoms with E-state index in [-0.39, 0.29) is 11.2 Å². The molecule has 5 N–H and O–H groups in total. The first-order chi connectivity index (χ1) is 19.4. The van der Waals surface area contributed by atoms with E-state index in [4.69, 9.17) is 21.5 Å². The van der Waals surface area contributed by atoms with Gasteiger partial charge in [-0.2, -0.15) is 23.1 Å². The van der Waals surface area contributed by atoms with Crippen molar-refractivity contribution in [2.24, 2.45) is 0 Å². The summed E-state index contributed by atoms with van der Waals surface area (Å²) in [6, 6.07) is 13.2. The number of aliphatic hydroxyl groups excluding tert-OH is 2. The van der Waals surface area contributed by atoms with Gasteiger partial charge in [-0.15, -0.1) is 0 Å². The Balaban J connectivity index is 0.000000493. The average Bonchev–Trinajstić information content (AvgIpc) is 3.47. The van der Waals surface area contributed by atoms with Crippen LogP contribution in [0.15, 0.2) is 48.8 Å². The van der Waals surface area contributed by atoms with Crippen molar-refractivity contribution in [2.75, 3.05) is 5.32 Å². The number of hydrogen-bond donors (Lipinski definition) is 5. The maximum atomic E-state index is 11.8. The van der Waals surface area contributed by atoms with Gasteiger partial charge in [-0.1, -0.05) is 49.4 Å². The van der Waals surface area contributed by atoms with E-state index in [2.05, 4.69) is 49.9 Å². The molecule has 4 atom stereocenters. The molecule has 0 bridgehead atoms. The lowest BCUT2D eigenvalue weighted by atomic mass is 10.0. The maximum Gasteiger partial charge on any atom is 0.490 e. The first kappa shape index (κ1) is 30.0. The van der Waals surface area contributed by atoms with Crippen LogP contribution in [0.2, 0.25) is 5.28 Å². The molecule has 41 heavy (non-hydrogen) atoms. The number of carboxylic acids is 1. The smallest absolute Gasteiger partial charge is 0.475 e. The molecule has 218 valence electrons. The molecule has 1 saturated carbocycles. The Labute approximate surface area is 236 Å². The van der Waals surface area contributed by atoms with Crippen LogP contribution in [0.25, 0.3) is 21.9 Å². The molecule has 0 aliphatic heterocycles. The SMILES string of the molecule is CCC(=O)NC1C[C@H](n2cnc3c(NCc4cccc5ccccc45)nc(Cl)nc32)[C@H](O)[C@@H]1O.O=C(O)C(F)(F)F. The maximum absolute atomic E-state index is 11.8. The fourth-order valence-electron chi connectivity index (χ4n) is 4.62. The van der Waals surface area contributed by atoms with Gasteiger partial charge in [0.1, 0.15) is 12.2 Å². The number of nitrogens with zero attached hydrogens (tertiary/aromatic N) is 4. The third-order valence-corrected chi connectivity index (χ3v) is 6.81. The van der Waals surface area contributed by atoms with Crippen molar-refractivity contribution in [3.05, 3.63) is 59.6 Å². The van der Waals surface area contributed by atoms with Gasteiger partial charge >= 0.3 is 12.1 Å². The minimum absolute atomic E-state index is 0.0403. The van der Waals surface area contributed by atoms with Gasteiger partial charge in [0, 0.05) is 13.0 Å². The number of fused-ring (bicyclic) bond motifs is 2. The number of amides is 1. The van der Waals surface area contributed by atoms with E-state index in [1.807, 2.05) is 18.2 Å². The third-order valence-electron chi connectivity index (χ3n) is 6.64. The molecule has 0 radical (unpaired) electrons. The van der Waals surface area contributed by atoms with Crippen molar-refractivity contribution in [3.63, 3.8) is 0 Å². The summed E-state index contributed by atoms with van der Waals surface area (Å²) in [6.45, 7) is 2.24. The molecular formula is C26H26ClF3N6O5. The van der Waals surface area contributed by atoms with Gasteiger partial charge in [0.15, 0.2) is 17.0 Å². The predicted molar refractivity (Wildman–Crippen MR) is 143 cm³/mol. The fourth-order valence-corrected chi connectivity index (χ4v) is 4.78. The highest BCUT2D eigenvalue weighted by Gasteiger charge is 2.43. The summed E-state index contributed by atoms with van der Waals surface area (Å²) >= 11 is 6.25. The first-order valence-corrected chi connectivity index (χ1v) is 12.8. The zero-order valence-electron chi connectivity index (χ0n) is 21.5. The van der Waals surface area contributed by atoms with Gasteiger partial charge in [0.25, 0.3) is 0 Å². The molecule has 2 aromatic heterocycles. The van der Waals surface area contributed by atoms with E-state index < -0.39 is 36.4 Å². The molecule has 0 spiro atoms. The number of carboxylic acid groups (broad SMARTS) is 1. The number of aliphatic carboxylic acids is 1. The number of hydrogen-bond acceptors (Lipinski definition) is 8. The Bertz CT molecular complexity index is 1560. The highest BCUT2D eigenvalue weighted by molar-refractivity contribution is 6.28. The van der Waals surface area contributed by atoms with Crippen LogP contribution in [0.3, 0.4) is 0 Å². The summed E-state index contributed by atoms with van der Waals surface area (Å²) in [5.74, 6) is -2.46. The van der Waals surface area contributed by atoms with Crippen LogP contribution in [0.1, 0.15) is 31.4 Å². The van der Waals surface area contributed by atoms with E-state index in [0.717, 1.165) is 16.3 Å². The molecule has 11 nitrogen and oxygen atoms in total. The summed E-state index contributed by atoms with van der Waals surface area (Å²) < 4.78 is 33.4. The van der Waals surface area contributed by atoms with Crippen LogP contribution in [-0.4, -0.2) is 71.1 Å². The van der Waals surface area contributed by atoms with Crippen LogP contribution >= 0.6 is 11.6 Å². The molecule has 1 aliphatic rings. The van der Waals surface area contributed by atoms with Gasteiger partial charge in [0.2, 0.25) is 11.2 Å². The van der Waals surface area contributed by atoms with Crippen molar-refractivity contribution in [3.8, 4) is 0 Å². The minimum atomic E-state index is -5.08. The van der Waals surface area contributed by atoms with Crippen molar-refractivity contribution < 1.29 is 38.1 Å². The second kappa shape index (κ2) is 12.2. The lowest BCUT2D eigenvalue weighted by Crippen LogP contribution is -2.42. The number of nitrogens with one attached hydrogen (secondary N) is 2. The van der Waals surface area contributed by atoms with E-state index in [9.17, 15) is 28.2 Å². The van der Waals surface area contributed by atoms with Crippen LogP contribution in [0.5, 0.6) is 0 Å². The Morgan fingerprint density at radius 2 is 1.78 bits per heavy atom. The Morgan fingerprint density at radius 1 is 1.10 bits per heavy atom. The number of carbonyl (C=O) groups is 2. The zero-order chi connectivity index (χ0) is 29.9. The largest absolute Gasteiger partial charge is 0.490 e. The molecule has 2 heterocycles. The number of imidazole rings is 1. The van der Waals surface area contributed by atoms with E-state index in [1.165, 1.54) is 0 Å². The average molecular weight is 595 g/mol. The van der Waals surface area contributed by atoms with Crippen molar-refractivity contribution in [1.29, 1.82) is 0 Å². The molecule has 1 unspecified atom stereocenters. The summed E-state index contributed by atoms with van der Waals surface area (Å²) in [4.78, 5) is 33.9. The summed E-state index contributed by atoms with van der Waals surface area (Å²) in [5, 5.41) is 36.7. The predicted octanol–water partition coefficient (Wildman–Crippen LogP) is 3.44. The van der Waals surface area contributed by atoms with Crippen LogP contribution in [0, 0.1) is 0 Å². The van der Waals surface area contributed by atoms with Gasteiger partial charge in [-0.25, -0.2) is 9.78 Å². The highest BCUT2D eigenvalue weighted by Crippen LogP contribution is 2.34. The summed E-state index contributed by atoms with van der Waals surface area (Å²) in [5.41, 5.74) is 2.05. The molecule has 1 aliphatic carbocycles. The topological polar surface area (TPSA) is 162 Å². The quantitative estimate of drug-likeness (QED) is 0.210. The monoisotopic (exact) mass is 594 g/mol. The van der Waals surface area contributed by atoms with Crippen molar-refractivity contribution in [1.82, 2.24) is 24.8 Å². The molecule has 4 aromatic rings. The molecule has 0 saturated heterocycles. The molecule has 5 rings (SSSR count). The van der Waals surface area contributed by atoms with E-state index in [1.54, 1.807) is 17.8 Å². The standard InChI is InChI=1S/C24H25ClN6O3.C2HF3O2/c1-2-18(32)28-16-10-17(21(34)20(16)33)31-12-27-19-22(29-24(25)30-23(19)31)26-11-14-8-5-7-13-6-3-4-9-15(13)14;3-2(4,5)1(6)7/h3-9,12,16-17,20-21,33-34H,2,10-11H2,1H3,(H,28,32)(H,26,29,30);(H,6,7)/t16?,17-,20+,21-;/m0./s1. The van der Waals surface area contributed by atoms with Crippen molar-refractivity contribution >= 4 is 51.2 Å². The van der Waals surface area contributed by atoms with E-state index in [0.29, 0.717) is 36.4 Å². The second-order valence-corrected chi connectivity index (χ2v) is 9.61. The zero-order valence-corrected chi connectivity index (χ0v) is 22.3. The van der Waals surface area contributed by atoms with Crippen molar-refractivity contribution in [2.45, 2.75) is 56.8 Å². The number of alkyl halides is 3. The molecule has 1 amide bonds. The molecule has 2 aromatic carbocycles. The van der Waals surface area contributed by atoms with Crippen LogP contribution in [-0.2, 0) is 16.1 Å². The normalized spacial score (nSPS) is 20.5. The number of halogens is 4. The third kappa shape index (κ3) is 6.66. The number of aliphatic hydroxyl groups is 2. The lowest BCUT2D eigenvalue weighted by molar-refractivity contribution is -0.192. The van der Waals surface area contributed by atoms with Crippen LogP contribution < -0.4 is 10.6 Å². The van der Waals surface area contributed by atoms with Gasteiger partial charge in [-0.3, -0.25) is 4.79 Å². The first-order valence-electron chi connectivity index (χ1n) is 12.5. The van der Waals surface area contributed by atoms with Gasteiger partial charge in [-0.05, 0) is 34.4 Å². The minimum Gasteiger partial charge on any atom is -0.475 e. The molecular weight excluding hydrogens is 569 g/mol. The van der Waals surface area contributed by atoms with Gasteiger partial charge in [0.05, 0.1) is 18.4 Å². The lowest BCUT2D eigenvalue weighted by Gasteiger charge is -2.18. The fraction of sp³-hybridized carbons (Fsp3) is 0.346. The number of aromatic nitrogens is 4. The van der Waals surface area contributed by atoms with E-state index >= 15 is 0 Å². The Morgan fingerprint density at radius 3 is 2.46 bits per heavy atom. The summed E-state index contributed by atoms with van der Waals surface area (Å²) in [6.07, 6.45) is -5.09. The van der Waals surface area contributed by atoms with Gasteiger partial charge < -0.3 is 30.5 Å². The molecule has 15 heteroatoms. The Hall–Kier alpha value is -4.01. The number of anilines is 1. The highest BCUT2D eigenvalue weighted by atomic mass is 35.5. The van der Waals surface area contributed by atoms with Crippen LogP contribution in [0.4, 0.5) is 19.0 Å². The summed E-state index contributed by atoms with van der Waals surface area (Å²) in [7, 11) is 0. The number of rotatable bonds is 6. The Kier molecular flexibility index (Phi) is 8.95.